The van der Waals surface area contributed by atoms with Gasteiger partial charge in [0, 0.05) is 18.8 Å². The van der Waals surface area contributed by atoms with E-state index in [1.807, 2.05) is 12.3 Å². The first-order chi connectivity index (χ1) is 6.43. The Kier molecular flexibility index (Phi) is 1.22. The summed E-state index contributed by atoms with van der Waals surface area (Å²) in [6.45, 7) is 0. The SMILES string of the molecule is C1=NC2=Cc3ccncc3CC2=N1. The lowest BCUT2D eigenvalue weighted by Crippen LogP contribution is -2.09. The molecule has 0 amide bonds. The maximum atomic E-state index is 4.19. The lowest BCUT2D eigenvalue weighted by molar-refractivity contribution is 1.19. The second kappa shape index (κ2) is 2.36. The van der Waals surface area contributed by atoms with Gasteiger partial charge in [-0.15, -0.1) is 0 Å². The fourth-order valence-electron chi connectivity index (χ4n) is 1.61. The predicted molar refractivity (Wildman–Crippen MR) is 51.8 cm³/mol. The maximum absolute atomic E-state index is 4.19. The third kappa shape index (κ3) is 0.935. The lowest BCUT2D eigenvalue weighted by atomic mass is 9.96. The minimum atomic E-state index is 0.856. The molecule has 0 bridgehead atoms. The molecule has 3 heteroatoms. The Morgan fingerprint density at radius 2 is 2.31 bits per heavy atom. The number of hydrogen-bond donors (Lipinski definition) is 0. The van der Waals surface area contributed by atoms with E-state index >= 15 is 0 Å². The van der Waals surface area contributed by atoms with Gasteiger partial charge in [-0.3, -0.25) is 4.98 Å². The lowest BCUT2D eigenvalue weighted by Gasteiger charge is -2.11. The fraction of sp³-hybridized carbons (Fsp3) is 0.100. The first-order valence-corrected chi connectivity index (χ1v) is 4.18. The number of nitrogens with zero attached hydrogens (tertiary/aromatic N) is 3. The molecule has 0 fully saturated rings. The first kappa shape index (κ1) is 6.71. The molecule has 0 N–H and O–H groups in total. The van der Waals surface area contributed by atoms with E-state index in [1.54, 1.807) is 12.5 Å². The molecule has 0 saturated heterocycles. The Morgan fingerprint density at radius 3 is 3.31 bits per heavy atom. The zero-order valence-corrected chi connectivity index (χ0v) is 6.94. The molecule has 1 aliphatic carbocycles. The van der Waals surface area contributed by atoms with Gasteiger partial charge in [0.25, 0.3) is 0 Å². The van der Waals surface area contributed by atoms with Crippen LogP contribution in [-0.2, 0) is 6.42 Å². The summed E-state index contributed by atoms with van der Waals surface area (Å²) in [4.78, 5) is 12.4. The van der Waals surface area contributed by atoms with E-state index in [2.05, 4.69) is 21.0 Å². The zero-order valence-electron chi connectivity index (χ0n) is 6.94. The Bertz CT molecular complexity index is 455. The van der Waals surface area contributed by atoms with Crippen molar-refractivity contribution in [3.63, 3.8) is 0 Å². The van der Waals surface area contributed by atoms with Crippen LogP contribution >= 0.6 is 0 Å². The third-order valence-electron chi connectivity index (χ3n) is 2.30. The molecule has 1 aliphatic heterocycles. The summed E-state index contributed by atoms with van der Waals surface area (Å²) in [5.41, 5.74) is 4.50. The van der Waals surface area contributed by atoms with Crippen LogP contribution in [0.25, 0.3) is 6.08 Å². The van der Waals surface area contributed by atoms with Crippen LogP contribution in [0.2, 0.25) is 0 Å². The highest BCUT2D eigenvalue weighted by Gasteiger charge is 2.17. The molecule has 62 valence electrons. The van der Waals surface area contributed by atoms with E-state index in [0.717, 1.165) is 17.8 Å². The van der Waals surface area contributed by atoms with Crippen molar-refractivity contribution < 1.29 is 0 Å². The van der Waals surface area contributed by atoms with Crippen LogP contribution in [-0.4, -0.2) is 17.0 Å². The molecule has 1 aromatic rings. The molecule has 0 aromatic carbocycles. The van der Waals surface area contributed by atoms with E-state index in [1.165, 1.54) is 11.1 Å². The van der Waals surface area contributed by atoms with Gasteiger partial charge in [0.05, 0.1) is 11.4 Å². The van der Waals surface area contributed by atoms with Crippen LogP contribution < -0.4 is 0 Å². The zero-order chi connectivity index (χ0) is 8.67. The molecule has 0 radical (unpaired) electrons. The molecule has 0 unspecified atom stereocenters. The maximum Gasteiger partial charge on any atom is 0.116 e. The second-order valence-corrected chi connectivity index (χ2v) is 3.10. The summed E-state index contributed by atoms with van der Waals surface area (Å²) in [5.74, 6) is 0. The Balaban J connectivity index is 2.21. The van der Waals surface area contributed by atoms with Crippen molar-refractivity contribution in [3.8, 4) is 0 Å². The van der Waals surface area contributed by atoms with Gasteiger partial charge in [0.15, 0.2) is 0 Å². The summed E-state index contributed by atoms with van der Waals surface area (Å²) in [6, 6.07) is 2.01. The van der Waals surface area contributed by atoms with Gasteiger partial charge in [0.1, 0.15) is 6.34 Å². The number of pyridine rings is 1. The standard InChI is InChI=1S/C10H7N3/c1-2-11-5-8-4-10-9(3-7(1)8)12-6-13-10/h1-3,5-6H,4H2. The normalized spacial score (nSPS) is 17.5. The molecule has 2 heterocycles. The van der Waals surface area contributed by atoms with E-state index in [9.17, 15) is 0 Å². The molecule has 3 nitrogen and oxygen atoms in total. The topological polar surface area (TPSA) is 37.6 Å². The molecule has 1 aromatic heterocycles. The van der Waals surface area contributed by atoms with Gasteiger partial charge < -0.3 is 0 Å². The monoisotopic (exact) mass is 169 g/mol. The highest BCUT2D eigenvalue weighted by molar-refractivity contribution is 6.13. The van der Waals surface area contributed by atoms with Crippen LogP contribution in [0.4, 0.5) is 0 Å². The largest absolute Gasteiger partial charge is 0.264 e. The minimum absolute atomic E-state index is 0.856. The highest BCUT2D eigenvalue weighted by Crippen LogP contribution is 2.23. The van der Waals surface area contributed by atoms with Crippen molar-refractivity contribution in [1.82, 2.24) is 4.98 Å². The van der Waals surface area contributed by atoms with Crippen LogP contribution in [0.15, 0.2) is 34.1 Å². The van der Waals surface area contributed by atoms with Crippen molar-refractivity contribution >= 4 is 18.1 Å². The Hall–Kier alpha value is -1.77. The number of fused-ring (bicyclic) bond motifs is 2. The van der Waals surface area contributed by atoms with Crippen LogP contribution in [0, 0.1) is 0 Å². The van der Waals surface area contributed by atoms with Gasteiger partial charge in [-0.1, -0.05) is 0 Å². The smallest absolute Gasteiger partial charge is 0.116 e. The Morgan fingerprint density at radius 1 is 1.31 bits per heavy atom. The predicted octanol–water partition coefficient (Wildman–Crippen LogP) is 1.46. The van der Waals surface area contributed by atoms with E-state index in [0.29, 0.717) is 0 Å². The summed E-state index contributed by atoms with van der Waals surface area (Å²) in [7, 11) is 0. The van der Waals surface area contributed by atoms with Crippen LogP contribution in [0.3, 0.4) is 0 Å². The molecule has 13 heavy (non-hydrogen) atoms. The van der Waals surface area contributed by atoms with E-state index < -0.39 is 0 Å². The third-order valence-corrected chi connectivity index (χ3v) is 2.30. The Labute approximate surface area is 75.6 Å². The van der Waals surface area contributed by atoms with Gasteiger partial charge >= 0.3 is 0 Å². The van der Waals surface area contributed by atoms with E-state index in [4.69, 9.17) is 0 Å². The van der Waals surface area contributed by atoms with Crippen LogP contribution in [0.1, 0.15) is 11.1 Å². The molecule has 0 atom stereocenters. The minimum Gasteiger partial charge on any atom is -0.264 e. The van der Waals surface area contributed by atoms with Gasteiger partial charge in [0.2, 0.25) is 0 Å². The van der Waals surface area contributed by atoms with Crippen molar-refractivity contribution in [2.45, 2.75) is 6.42 Å². The quantitative estimate of drug-likeness (QED) is 0.579. The second-order valence-electron chi connectivity index (χ2n) is 3.10. The number of rotatable bonds is 0. The van der Waals surface area contributed by atoms with Crippen molar-refractivity contribution in [2.24, 2.45) is 9.98 Å². The number of hydrogen-bond acceptors (Lipinski definition) is 3. The molecule has 0 spiro atoms. The average molecular weight is 169 g/mol. The van der Waals surface area contributed by atoms with E-state index in [-0.39, 0.29) is 0 Å². The molecule has 3 rings (SSSR count). The number of allylic oxidation sites excluding steroid dienone is 1. The average Bonchev–Trinajstić information content (AvgIpc) is 2.61. The molecular formula is C10H7N3. The fourth-order valence-corrected chi connectivity index (χ4v) is 1.61. The summed E-state index contributed by atoms with van der Waals surface area (Å²) >= 11 is 0. The highest BCUT2D eigenvalue weighted by atomic mass is 15.0. The molecule has 0 saturated carbocycles. The van der Waals surface area contributed by atoms with Gasteiger partial charge in [-0.05, 0) is 23.3 Å². The van der Waals surface area contributed by atoms with Gasteiger partial charge in [-0.2, -0.15) is 0 Å². The molecule has 2 aliphatic rings. The summed E-state index contributed by atoms with van der Waals surface area (Å²) in [5, 5.41) is 0. The number of aromatic nitrogens is 1. The van der Waals surface area contributed by atoms with Crippen molar-refractivity contribution in [1.29, 1.82) is 0 Å². The first-order valence-electron chi connectivity index (χ1n) is 4.18. The van der Waals surface area contributed by atoms with Crippen LogP contribution in [0.5, 0.6) is 0 Å². The molecular weight excluding hydrogens is 162 g/mol. The summed E-state index contributed by atoms with van der Waals surface area (Å²) < 4.78 is 0. The number of aliphatic imine (C=N–C) groups is 2. The van der Waals surface area contributed by atoms with Crippen molar-refractivity contribution in [2.75, 3.05) is 0 Å². The van der Waals surface area contributed by atoms with Crippen molar-refractivity contribution in [3.05, 3.63) is 35.3 Å². The van der Waals surface area contributed by atoms with Gasteiger partial charge in [-0.25, -0.2) is 9.98 Å². The summed E-state index contributed by atoms with van der Waals surface area (Å²) in [6.07, 6.45) is 8.22.